The third-order valence-corrected chi connectivity index (χ3v) is 11.6. The number of para-hydroxylation sites is 1. The van der Waals surface area contributed by atoms with Gasteiger partial charge < -0.3 is 20.3 Å². The number of hydrogen-bond donors (Lipinski definition) is 2. The maximum absolute atomic E-state index is 14.1. The fourth-order valence-electron chi connectivity index (χ4n) is 6.11. The summed E-state index contributed by atoms with van der Waals surface area (Å²) in [7, 11) is -4.20. The van der Waals surface area contributed by atoms with Crippen LogP contribution in [0.3, 0.4) is 0 Å². The Balaban J connectivity index is 0.00000281. The number of amides is 2. The third kappa shape index (κ3) is 7.80. The Bertz CT molecular complexity index is 2020. The molecule has 2 saturated heterocycles. The van der Waals surface area contributed by atoms with Crippen molar-refractivity contribution in [1.29, 1.82) is 5.41 Å². The SMILES string of the molecule is Cc1ccc2cccc(OCc3c(Cl)ccc(S(=O)(=O)N4CCCC4C(=O)N4CCN(C(=O)c5ccc(C(=N)N)cc5)CC4)c3Cl)c2n1.Cl.Cl. The summed E-state index contributed by atoms with van der Waals surface area (Å²) in [6.45, 7) is 3.10. The Morgan fingerprint density at radius 2 is 1.58 bits per heavy atom. The zero-order valence-corrected chi connectivity index (χ0v) is 30.9. The van der Waals surface area contributed by atoms with E-state index in [2.05, 4.69) is 4.98 Å². The number of aryl methyl sites for hydroxylation is 1. The van der Waals surface area contributed by atoms with Crippen molar-refractivity contribution in [1.82, 2.24) is 19.1 Å². The number of piperazine rings is 1. The summed E-state index contributed by atoms with van der Waals surface area (Å²) < 4.78 is 35.4. The molecule has 3 N–H and O–H groups in total. The van der Waals surface area contributed by atoms with Crippen LogP contribution in [0.4, 0.5) is 0 Å². The van der Waals surface area contributed by atoms with E-state index >= 15 is 0 Å². The van der Waals surface area contributed by atoms with Crippen LogP contribution in [0.25, 0.3) is 10.9 Å². The molecule has 4 aromatic rings. The molecule has 0 radical (unpaired) electrons. The minimum atomic E-state index is -4.20. The van der Waals surface area contributed by atoms with Crippen molar-refractivity contribution in [3.05, 3.63) is 99.2 Å². The van der Waals surface area contributed by atoms with Crippen LogP contribution in [0.1, 0.15) is 40.0 Å². The summed E-state index contributed by atoms with van der Waals surface area (Å²) in [5.41, 5.74) is 8.29. The van der Waals surface area contributed by atoms with Crippen LogP contribution in [-0.4, -0.2) is 83.9 Å². The van der Waals surface area contributed by atoms with Crippen molar-refractivity contribution in [2.75, 3.05) is 32.7 Å². The number of rotatable bonds is 8. The molecule has 0 bridgehead atoms. The Kier molecular flexibility index (Phi) is 12.6. The summed E-state index contributed by atoms with van der Waals surface area (Å²) >= 11 is 13.3. The number of ether oxygens (including phenoxy) is 1. The number of halogens is 4. The number of sulfonamides is 1. The lowest BCUT2D eigenvalue weighted by molar-refractivity contribution is -0.136. The predicted molar refractivity (Wildman–Crippen MR) is 199 cm³/mol. The first-order chi connectivity index (χ1) is 23.0. The number of benzene rings is 3. The molecule has 3 heterocycles. The van der Waals surface area contributed by atoms with Crippen LogP contribution in [0, 0.1) is 12.3 Å². The van der Waals surface area contributed by atoms with E-state index in [4.69, 9.17) is 39.1 Å². The molecule has 1 aromatic heterocycles. The lowest BCUT2D eigenvalue weighted by Crippen LogP contribution is -2.55. The first-order valence-corrected chi connectivity index (χ1v) is 17.7. The van der Waals surface area contributed by atoms with Crippen LogP contribution in [0.15, 0.2) is 71.6 Å². The smallest absolute Gasteiger partial charge is 0.253 e. The topological polar surface area (TPSA) is 150 Å². The number of fused-ring (bicyclic) bond motifs is 1. The van der Waals surface area contributed by atoms with E-state index in [0.29, 0.717) is 53.9 Å². The van der Waals surface area contributed by atoms with Gasteiger partial charge in [-0.1, -0.05) is 53.5 Å². The monoisotopic (exact) mass is 780 g/mol. The molecule has 1 atom stereocenters. The molecule has 6 rings (SSSR count). The van der Waals surface area contributed by atoms with Gasteiger partial charge in [-0.15, -0.1) is 24.8 Å². The van der Waals surface area contributed by atoms with E-state index in [9.17, 15) is 18.0 Å². The standard InChI is InChI=1S/C34H34Cl2N6O5S.2ClH/c1-21-7-8-22-4-2-6-28(31(22)39-21)47-20-25-26(35)13-14-29(30(25)36)48(45,46)42-15-3-5-27(42)34(44)41-18-16-40(17-19-41)33(43)24-11-9-23(10-12-24)32(37)38;;/h2,4,6-14,27H,3,5,15-20H2,1H3,(H3,37,38);2*1H. The number of amidine groups is 1. The minimum absolute atomic E-state index is 0. The molecular weight excluding hydrogens is 746 g/mol. The van der Waals surface area contributed by atoms with Crippen molar-refractivity contribution in [3.8, 4) is 5.75 Å². The number of nitrogens with two attached hydrogens (primary N) is 1. The molecule has 50 heavy (non-hydrogen) atoms. The van der Waals surface area contributed by atoms with E-state index < -0.39 is 16.1 Å². The fraction of sp³-hybridized carbons (Fsp3) is 0.294. The molecule has 0 saturated carbocycles. The minimum Gasteiger partial charge on any atom is -0.487 e. The number of carbonyl (C=O) groups is 2. The van der Waals surface area contributed by atoms with Gasteiger partial charge in [0.25, 0.3) is 5.91 Å². The van der Waals surface area contributed by atoms with Crippen molar-refractivity contribution >= 4 is 86.6 Å². The molecule has 3 aromatic carbocycles. The zero-order chi connectivity index (χ0) is 34.2. The molecule has 2 fully saturated rings. The van der Waals surface area contributed by atoms with E-state index in [-0.39, 0.29) is 83.6 Å². The van der Waals surface area contributed by atoms with Gasteiger partial charge in [0.05, 0.1) is 5.02 Å². The average molecular weight is 783 g/mol. The average Bonchev–Trinajstić information content (AvgIpc) is 3.59. The van der Waals surface area contributed by atoms with E-state index in [0.717, 1.165) is 11.1 Å². The Morgan fingerprint density at radius 1 is 0.920 bits per heavy atom. The number of pyridine rings is 1. The van der Waals surface area contributed by atoms with Crippen molar-refractivity contribution in [2.24, 2.45) is 5.73 Å². The summed E-state index contributed by atoms with van der Waals surface area (Å²) in [6, 6.07) is 17.8. The van der Waals surface area contributed by atoms with E-state index in [1.54, 1.807) is 40.1 Å². The van der Waals surface area contributed by atoms with Gasteiger partial charge in [-0.3, -0.25) is 15.0 Å². The quantitative estimate of drug-likeness (QED) is 0.172. The van der Waals surface area contributed by atoms with Crippen molar-refractivity contribution < 1.29 is 22.7 Å². The second-order valence-corrected chi connectivity index (χ2v) is 14.4. The maximum Gasteiger partial charge on any atom is 0.253 e. The molecule has 2 aliphatic heterocycles. The molecule has 16 heteroatoms. The fourth-order valence-corrected chi connectivity index (χ4v) is 8.62. The van der Waals surface area contributed by atoms with Gasteiger partial charge in [0.15, 0.2) is 0 Å². The Hall–Kier alpha value is -3.65. The van der Waals surface area contributed by atoms with Crippen LogP contribution < -0.4 is 10.5 Å². The Morgan fingerprint density at radius 3 is 2.26 bits per heavy atom. The van der Waals surface area contributed by atoms with Gasteiger partial charge >= 0.3 is 0 Å². The van der Waals surface area contributed by atoms with Gasteiger partial charge in [-0.25, -0.2) is 13.4 Å². The summed E-state index contributed by atoms with van der Waals surface area (Å²) in [6.07, 6.45) is 0.882. The lowest BCUT2D eigenvalue weighted by Gasteiger charge is -2.37. The number of nitrogens with zero attached hydrogens (tertiary/aromatic N) is 4. The molecule has 1 unspecified atom stereocenters. The highest BCUT2D eigenvalue weighted by Gasteiger charge is 2.43. The van der Waals surface area contributed by atoms with Crippen LogP contribution in [-0.2, 0) is 21.4 Å². The molecule has 0 spiro atoms. The van der Waals surface area contributed by atoms with Gasteiger partial charge in [0, 0.05) is 65.5 Å². The molecular formula is C34H36Cl4N6O5S. The van der Waals surface area contributed by atoms with Gasteiger partial charge in [0.1, 0.15) is 34.6 Å². The normalized spacial score (nSPS) is 16.4. The summed E-state index contributed by atoms with van der Waals surface area (Å²) in [4.78, 5) is 34.5. The summed E-state index contributed by atoms with van der Waals surface area (Å²) in [5, 5.41) is 8.61. The highest BCUT2D eigenvalue weighted by atomic mass is 35.5. The molecule has 2 aliphatic rings. The van der Waals surface area contributed by atoms with Gasteiger partial charge in [-0.2, -0.15) is 4.31 Å². The van der Waals surface area contributed by atoms with E-state index in [1.165, 1.54) is 16.4 Å². The van der Waals surface area contributed by atoms with Crippen LogP contribution in [0.5, 0.6) is 5.75 Å². The molecule has 11 nitrogen and oxygen atoms in total. The third-order valence-electron chi connectivity index (χ3n) is 8.74. The first kappa shape index (κ1) is 39.1. The maximum atomic E-state index is 14.1. The second kappa shape index (κ2) is 16.1. The largest absolute Gasteiger partial charge is 0.487 e. The second-order valence-electron chi connectivity index (χ2n) is 11.8. The predicted octanol–water partition coefficient (Wildman–Crippen LogP) is 5.69. The highest BCUT2D eigenvalue weighted by Crippen LogP contribution is 2.37. The first-order valence-electron chi connectivity index (χ1n) is 15.5. The lowest BCUT2D eigenvalue weighted by atomic mass is 10.1. The number of aromatic nitrogens is 1. The number of nitrogens with one attached hydrogen (secondary N) is 1. The van der Waals surface area contributed by atoms with Gasteiger partial charge in [0.2, 0.25) is 15.9 Å². The summed E-state index contributed by atoms with van der Waals surface area (Å²) in [5.74, 6) is -0.0660. The molecule has 2 amide bonds. The Labute approximate surface area is 313 Å². The van der Waals surface area contributed by atoms with Crippen LogP contribution >= 0.6 is 48.0 Å². The molecule has 0 aliphatic carbocycles. The van der Waals surface area contributed by atoms with Gasteiger partial charge in [-0.05, 0) is 56.2 Å². The molecule has 266 valence electrons. The number of hydrogen-bond acceptors (Lipinski definition) is 7. The zero-order valence-electron chi connectivity index (χ0n) is 27.0. The number of carbonyl (C=O) groups excluding carboxylic acids is 2. The van der Waals surface area contributed by atoms with Crippen molar-refractivity contribution in [2.45, 2.75) is 37.3 Å². The van der Waals surface area contributed by atoms with Crippen molar-refractivity contribution in [3.63, 3.8) is 0 Å². The van der Waals surface area contributed by atoms with Crippen LogP contribution in [0.2, 0.25) is 10.0 Å². The highest BCUT2D eigenvalue weighted by molar-refractivity contribution is 7.89. The number of nitrogen functional groups attached to an aromatic ring is 1. The van der Waals surface area contributed by atoms with E-state index in [1.807, 2.05) is 31.2 Å².